The number of amides is 1. The zero-order valence-electron chi connectivity index (χ0n) is 18.3. The Labute approximate surface area is 173 Å². The summed E-state index contributed by atoms with van der Waals surface area (Å²) in [5.74, 6) is 1.02. The normalized spacial score (nSPS) is 26.6. The van der Waals surface area contributed by atoms with Crippen LogP contribution in [0.1, 0.15) is 64.9 Å². The van der Waals surface area contributed by atoms with Gasteiger partial charge in [-0.2, -0.15) is 0 Å². The van der Waals surface area contributed by atoms with E-state index in [9.17, 15) is 15.0 Å². The van der Waals surface area contributed by atoms with Crippen molar-refractivity contribution in [1.29, 1.82) is 0 Å². The van der Waals surface area contributed by atoms with Crippen LogP contribution in [0.25, 0.3) is 0 Å². The Morgan fingerprint density at radius 3 is 2.48 bits per heavy atom. The molecule has 1 aromatic carbocycles. The van der Waals surface area contributed by atoms with Crippen LogP contribution in [-0.2, 0) is 4.79 Å². The van der Waals surface area contributed by atoms with Crippen molar-refractivity contribution in [1.82, 2.24) is 4.90 Å². The lowest BCUT2D eigenvalue weighted by Crippen LogP contribution is -2.45. The average molecular weight is 406 g/mol. The van der Waals surface area contributed by atoms with Gasteiger partial charge >= 0.3 is 0 Å². The van der Waals surface area contributed by atoms with E-state index in [1.165, 1.54) is 26.7 Å². The monoisotopic (exact) mass is 405 g/mol. The second-order valence-electron chi connectivity index (χ2n) is 9.41. The van der Waals surface area contributed by atoms with E-state index in [1.54, 1.807) is 18.9 Å². The Balaban J connectivity index is 1.93. The Morgan fingerprint density at radius 1 is 1.28 bits per heavy atom. The fraction of sp³-hybridized carbons (Fsp3) is 0.696. The Hall–Kier alpha value is -1.79. The molecule has 0 radical (unpaired) electrons. The van der Waals surface area contributed by atoms with Gasteiger partial charge in [0.05, 0.1) is 19.3 Å². The van der Waals surface area contributed by atoms with E-state index in [0.717, 1.165) is 24.2 Å². The molecule has 1 saturated carbocycles. The number of ether oxygens (including phenoxy) is 2. The third-order valence-corrected chi connectivity index (χ3v) is 6.68. The highest BCUT2D eigenvalue weighted by Crippen LogP contribution is 2.47. The quantitative estimate of drug-likeness (QED) is 0.760. The summed E-state index contributed by atoms with van der Waals surface area (Å²) in [6.45, 7) is 7.61. The second kappa shape index (κ2) is 8.15. The molecule has 29 heavy (non-hydrogen) atoms. The third-order valence-electron chi connectivity index (χ3n) is 6.68. The number of hydrogen-bond acceptors (Lipinski definition) is 5. The molecule has 0 aromatic heterocycles. The van der Waals surface area contributed by atoms with Crippen molar-refractivity contribution in [3.8, 4) is 11.5 Å². The number of carbonyl (C=O) groups is 1. The van der Waals surface area contributed by atoms with E-state index >= 15 is 0 Å². The van der Waals surface area contributed by atoms with Crippen LogP contribution < -0.4 is 9.47 Å². The molecule has 6 nitrogen and oxygen atoms in total. The molecule has 1 aliphatic carbocycles. The zero-order valence-corrected chi connectivity index (χ0v) is 18.3. The lowest BCUT2D eigenvalue weighted by atomic mass is 9.72. The predicted molar refractivity (Wildman–Crippen MR) is 111 cm³/mol. The number of rotatable bonds is 6. The highest BCUT2D eigenvalue weighted by Gasteiger charge is 2.50. The molecule has 1 unspecified atom stereocenters. The summed E-state index contributed by atoms with van der Waals surface area (Å²) < 4.78 is 11.8. The molecule has 1 saturated heterocycles. The molecular formula is C23H35NO5. The standard InChI is InChI=1S/C23H35NO5/c1-15(25)23(4)14-24(21(26)22(2,3)27)13-18(23)16-10-11-19(28-5)20(12-16)29-17-8-6-7-9-17/h10-12,15,17-18,25,27H,6-9,13-14H2,1-5H3/t15?,18-,23-/m0/s1. The first-order valence-corrected chi connectivity index (χ1v) is 10.6. The smallest absolute Gasteiger partial charge is 0.253 e. The van der Waals surface area contributed by atoms with Crippen LogP contribution in [0.3, 0.4) is 0 Å². The van der Waals surface area contributed by atoms with E-state index in [4.69, 9.17) is 9.47 Å². The molecule has 3 atom stereocenters. The van der Waals surface area contributed by atoms with Crippen molar-refractivity contribution >= 4 is 5.91 Å². The summed E-state index contributed by atoms with van der Waals surface area (Å²) in [6.07, 6.45) is 4.06. The van der Waals surface area contributed by atoms with Crippen LogP contribution in [0.2, 0.25) is 0 Å². The van der Waals surface area contributed by atoms with Crippen molar-refractivity contribution in [2.24, 2.45) is 5.41 Å². The van der Waals surface area contributed by atoms with Crippen LogP contribution in [-0.4, -0.2) is 59.0 Å². The number of nitrogens with zero attached hydrogens (tertiary/aromatic N) is 1. The maximum absolute atomic E-state index is 12.7. The van der Waals surface area contributed by atoms with E-state index in [0.29, 0.717) is 18.8 Å². The molecule has 1 aromatic rings. The van der Waals surface area contributed by atoms with E-state index in [2.05, 4.69) is 0 Å². The number of aliphatic hydroxyl groups excluding tert-OH is 1. The van der Waals surface area contributed by atoms with E-state index in [1.807, 2.05) is 25.1 Å². The molecule has 6 heteroatoms. The highest BCUT2D eigenvalue weighted by molar-refractivity contribution is 5.84. The Bertz CT molecular complexity index is 735. The molecular weight excluding hydrogens is 370 g/mol. The van der Waals surface area contributed by atoms with Gasteiger partial charge in [0, 0.05) is 24.4 Å². The molecule has 1 aliphatic heterocycles. The van der Waals surface area contributed by atoms with Gasteiger partial charge in [0.15, 0.2) is 11.5 Å². The molecule has 2 fully saturated rings. The first kappa shape index (κ1) is 21.9. The van der Waals surface area contributed by atoms with Crippen molar-refractivity contribution in [2.45, 2.75) is 77.1 Å². The fourth-order valence-corrected chi connectivity index (χ4v) is 4.65. The first-order valence-electron chi connectivity index (χ1n) is 10.6. The minimum absolute atomic E-state index is 0.0781. The van der Waals surface area contributed by atoms with Gasteiger partial charge in [0.2, 0.25) is 0 Å². The van der Waals surface area contributed by atoms with Crippen LogP contribution in [0, 0.1) is 5.41 Å². The van der Waals surface area contributed by atoms with Gasteiger partial charge < -0.3 is 24.6 Å². The summed E-state index contributed by atoms with van der Waals surface area (Å²) in [7, 11) is 1.63. The summed E-state index contributed by atoms with van der Waals surface area (Å²) in [6, 6.07) is 5.90. The lowest BCUT2D eigenvalue weighted by Gasteiger charge is -2.34. The third kappa shape index (κ3) is 4.38. The lowest BCUT2D eigenvalue weighted by molar-refractivity contribution is -0.147. The van der Waals surface area contributed by atoms with Gasteiger partial charge in [-0.1, -0.05) is 13.0 Å². The van der Waals surface area contributed by atoms with E-state index < -0.39 is 17.1 Å². The molecule has 2 N–H and O–H groups in total. The van der Waals surface area contributed by atoms with Gasteiger partial charge in [-0.05, 0) is 64.2 Å². The van der Waals surface area contributed by atoms with Crippen molar-refractivity contribution in [3.05, 3.63) is 23.8 Å². The summed E-state index contributed by atoms with van der Waals surface area (Å²) >= 11 is 0. The van der Waals surface area contributed by atoms with Gasteiger partial charge in [0.25, 0.3) is 5.91 Å². The second-order valence-corrected chi connectivity index (χ2v) is 9.41. The van der Waals surface area contributed by atoms with Crippen molar-refractivity contribution in [3.63, 3.8) is 0 Å². The number of hydrogen-bond donors (Lipinski definition) is 2. The SMILES string of the molecule is COc1ccc([C@@H]2CN(C(=O)C(C)(C)O)C[C@@]2(C)C(C)O)cc1OC1CCCC1. The molecule has 2 aliphatic rings. The van der Waals surface area contributed by atoms with Crippen molar-refractivity contribution in [2.75, 3.05) is 20.2 Å². The van der Waals surface area contributed by atoms with Gasteiger partial charge in [-0.25, -0.2) is 0 Å². The fourth-order valence-electron chi connectivity index (χ4n) is 4.65. The largest absolute Gasteiger partial charge is 0.493 e. The number of carbonyl (C=O) groups excluding carboxylic acids is 1. The van der Waals surface area contributed by atoms with Gasteiger partial charge in [-0.15, -0.1) is 0 Å². The minimum Gasteiger partial charge on any atom is -0.493 e. The highest BCUT2D eigenvalue weighted by atomic mass is 16.5. The molecule has 1 heterocycles. The average Bonchev–Trinajstić information content (AvgIpc) is 3.28. The minimum atomic E-state index is -1.44. The Kier molecular flexibility index (Phi) is 6.16. The van der Waals surface area contributed by atoms with E-state index in [-0.39, 0.29) is 17.9 Å². The maximum Gasteiger partial charge on any atom is 0.253 e. The molecule has 0 spiro atoms. The van der Waals surface area contributed by atoms with Crippen LogP contribution in [0.4, 0.5) is 0 Å². The van der Waals surface area contributed by atoms with Crippen LogP contribution in [0.5, 0.6) is 11.5 Å². The van der Waals surface area contributed by atoms with Crippen LogP contribution in [0.15, 0.2) is 18.2 Å². The predicted octanol–water partition coefficient (Wildman–Crippen LogP) is 3.10. The molecule has 0 bridgehead atoms. The van der Waals surface area contributed by atoms with Gasteiger partial charge in [0.1, 0.15) is 5.60 Å². The maximum atomic E-state index is 12.7. The number of likely N-dealkylation sites (tertiary alicyclic amines) is 1. The summed E-state index contributed by atoms with van der Waals surface area (Å²) in [5.41, 5.74) is -0.959. The van der Waals surface area contributed by atoms with Crippen molar-refractivity contribution < 1.29 is 24.5 Å². The van der Waals surface area contributed by atoms with Crippen LogP contribution >= 0.6 is 0 Å². The summed E-state index contributed by atoms with van der Waals surface area (Å²) in [5, 5.41) is 20.8. The molecule has 3 rings (SSSR count). The number of methoxy groups -OCH3 is 1. The molecule has 1 amide bonds. The zero-order chi connectivity index (χ0) is 21.4. The van der Waals surface area contributed by atoms with Gasteiger partial charge in [-0.3, -0.25) is 4.79 Å². The summed E-state index contributed by atoms with van der Waals surface area (Å²) in [4.78, 5) is 14.4. The Morgan fingerprint density at radius 2 is 1.93 bits per heavy atom. The first-order chi connectivity index (χ1) is 13.6. The number of benzene rings is 1. The topological polar surface area (TPSA) is 79.2 Å². The molecule has 162 valence electrons. The number of aliphatic hydroxyl groups is 2.